The predicted octanol–water partition coefficient (Wildman–Crippen LogP) is 4.30. The van der Waals surface area contributed by atoms with Crippen LogP contribution in [0.5, 0.6) is 0 Å². The van der Waals surface area contributed by atoms with Crippen molar-refractivity contribution in [2.45, 2.75) is 83.1 Å². The molecule has 1 amide bonds. The minimum absolute atomic E-state index is 0.0760. The van der Waals surface area contributed by atoms with E-state index >= 15 is 0 Å². The number of fused-ring (bicyclic) bond motifs is 2. The molecule has 3 atom stereocenters. The highest BCUT2D eigenvalue weighted by atomic mass is 28.4. The van der Waals surface area contributed by atoms with Gasteiger partial charge in [-0.05, 0) is 49.0 Å². The van der Waals surface area contributed by atoms with E-state index in [-0.39, 0.29) is 29.3 Å². The molecule has 2 heterocycles. The van der Waals surface area contributed by atoms with Crippen LogP contribution in [0.3, 0.4) is 0 Å². The number of amides is 1. The summed E-state index contributed by atoms with van der Waals surface area (Å²) in [5.41, 5.74) is -0.498. The first-order chi connectivity index (χ1) is 16.0. The van der Waals surface area contributed by atoms with Gasteiger partial charge in [0, 0.05) is 18.6 Å². The highest BCUT2D eigenvalue weighted by molar-refractivity contribution is 6.99. The van der Waals surface area contributed by atoms with Gasteiger partial charge in [0.1, 0.15) is 5.60 Å². The predicted molar refractivity (Wildman–Crippen MR) is 140 cm³/mol. The summed E-state index contributed by atoms with van der Waals surface area (Å²) in [5.74, 6) is 0. The van der Waals surface area contributed by atoms with E-state index in [1.54, 1.807) is 0 Å². The van der Waals surface area contributed by atoms with Gasteiger partial charge in [0.2, 0.25) is 0 Å². The van der Waals surface area contributed by atoms with Gasteiger partial charge in [-0.2, -0.15) is 0 Å². The van der Waals surface area contributed by atoms with Crippen molar-refractivity contribution in [2.75, 3.05) is 13.2 Å². The molecular weight excluding hydrogens is 440 g/mol. The Morgan fingerprint density at radius 2 is 1.50 bits per heavy atom. The zero-order chi connectivity index (χ0) is 24.6. The summed E-state index contributed by atoms with van der Waals surface area (Å²) in [7, 11) is -2.62. The third-order valence-electron chi connectivity index (χ3n) is 7.13. The number of hydrogen-bond donors (Lipinski definition) is 1. The van der Waals surface area contributed by atoms with Crippen LogP contribution in [-0.4, -0.2) is 56.2 Å². The smallest absolute Gasteiger partial charge is 0.410 e. The molecule has 2 aromatic carbocycles. The van der Waals surface area contributed by atoms with Gasteiger partial charge < -0.3 is 14.5 Å². The molecule has 184 valence electrons. The average molecular weight is 481 g/mol. The van der Waals surface area contributed by atoms with Crippen molar-refractivity contribution in [1.29, 1.82) is 0 Å². The number of benzene rings is 2. The molecule has 34 heavy (non-hydrogen) atoms. The van der Waals surface area contributed by atoms with E-state index in [1.165, 1.54) is 10.4 Å². The second-order valence-electron chi connectivity index (χ2n) is 11.7. The Morgan fingerprint density at radius 3 is 2.00 bits per heavy atom. The Balaban J connectivity index is 1.64. The molecule has 2 aliphatic heterocycles. The van der Waals surface area contributed by atoms with E-state index in [0.29, 0.717) is 6.61 Å². The number of ether oxygens (including phenoxy) is 1. The van der Waals surface area contributed by atoms with Crippen molar-refractivity contribution in [3.05, 3.63) is 60.7 Å². The van der Waals surface area contributed by atoms with E-state index in [2.05, 4.69) is 86.8 Å². The van der Waals surface area contributed by atoms with Gasteiger partial charge in [-0.3, -0.25) is 4.90 Å². The van der Waals surface area contributed by atoms with Crippen LogP contribution in [0.25, 0.3) is 0 Å². The molecular formula is C28H40N2O3Si. The number of nitrogens with one attached hydrogen (secondary N) is 1. The summed E-state index contributed by atoms with van der Waals surface area (Å²) in [5, 5.41) is 6.18. The van der Waals surface area contributed by atoms with E-state index < -0.39 is 13.9 Å². The quantitative estimate of drug-likeness (QED) is 0.648. The Hall–Kier alpha value is -2.15. The molecule has 5 nitrogen and oxygen atoms in total. The molecule has 2 aromatic rings. The van der Waals surface area contributed by atoms with Gasteiger partial charge in [0.05, 0.1) is 12.6 Å². The molecule has 2 fully saturated rings. The Kier molecular flexibility index (Phi) is 6.96. The Bertz CT molecular complexity index is 929. The van der Waals surface area contributed by atoms with Crippen molar-refractivity contribution in [1.82, 2.24) is 10.2 Å². The summed E-state index contributed by atoms with van der Waals surface area (Å²) in [6.45, 7) is 14.0. The third-order valence-corrected chi connectivity index (χ3v) is 12.1. The third kappa shape index (κ3) is 4.81. The molecule has 1 N–H and O–H groups in total. The molecule has 0 saturated carbocycles. The van der Waals surface area contributed by atoms with Crippen molar-refractivity contribution in [3.8, 4) is 0 Å². The molecule has 6 heteroatoms. The summed E-state index contributed by atoms with van der Waals surface area (Å²) in [6.07, 6.45) is 1.79. The highest BCUT2D eigenvalue weighted by Gasteiger charge is 2.52. The number of rotatable bonds is 5. The van der Waals surface area contributed by atoms with Gasteiger partial charge in [0.25, 0.3) is 8.32 Å². The molecule has 0 aromatic heterocycles. The minimum Gasteiger partial charge on any atom is -0.444 e. The fourth-order valence-corrected chi connectivity index (χ4v) is 10.3. The lowest BCUT2D eigenvalue weighted by atomic mass is 10.1. The van der Waals surface area contributed by atoms with Crippen molar-refractivity contribution >= 4 is 24.8 Å². The van der Waals surface area contributed by atoms with Crippen LogP contribution in [0.2, 0.25) is 5.04 Å². The second kappa shape index (κ2) is 9.48. The monoisotopic (exact) mass is 480 g/mol. The number of carbonyl (C=O) groups is 1. The SMILES string of the molecule is CC(C)(C)OC(=O)N1[C@@H]2CC[C@H]1[C@@H](CO[Si](c1ccccc1)(c1ccccc1)C(C)(C)C)NC2. The Morgan fingerprint density at radius 1 is 0.941 bits per heavy atom. The van der Waals surface area contributed by atoms with Crippen LogP contribution in [0, 0.1) is 0 Å². The van der Waals surface area contributed by atoms with Crippen LogP contribution in [-0.2, 0) is 9.16 Å². The first-order valence-corrected chi connectivity index (χ1v) is 14.4. The molecule has 2 saturated heterocycles. The first-order valence-electron chi connectivity index (χ1n) is 12.5. The topological polar surface area (TPSA) is 50.8 Å². The molecule has 0 radical (unpaired) electrons. The molecule has 2 aliphatic rings. The fourth-order valence-electron chi connectivity index (χ4n) is 5.68. The van der Waals surface area contributed by atoms with Gasteiger partial charge in [-0.15, -0.1) is 0 Å². The largest absolute Gasteiger partial charge is 0.444 e. The second-order valence-corrected chi connectivity index (χ2v) is 16.0. The summed E-state index contributed by atoms with van der Waals surface area (Å²) in [6, 6.07) is 21.8. The Labute approximate surface area is 206 Å². The minimum atomic E-state index is -2.62. The van der Waals surface area contributed by atoms with Crippen molar-refractivity contribution in [2.24, 2.45) is 0 Å². The maximum Gasteiger partial charge on any atom is 0.410 e. The molecule has 4 rings (SSSR count). The first kappa shape index (κ1) is 25.0. The zero-order valence-corrected chi connectivity index (χ0v) is 22.5. The lowest BCUT2D eigenvalue weighted by Gasteiger charge is -2.46. The van der Waals surface area contributed by atoms with E-state index in [9.17, 15) is 4.79 Å². The number of nitrogens with zero attached hydrogens (tertiary/aromatic N) is 1. The molecule has 0 aliphatic carbocycles. The lowest BCUT2D eigenvalue weighted by molar-refractivity contribution is 0.000923. The summed E-state index contributed by atoms with van der Waals surface area (Å²) >= 11 is 0. The van der Waals surface area contributed by atoms with Gasteiger partial charge in [-0.25, -0.2) is 4.79 Å². The van der Waals surface area contributed by atoms with Crippen LogP contribution >= 0.6 is 0 Å². The van der Waals surface area contributed by atoms with Crippen LogP contribution in [0.15, 0.2) is 60.7 Å². The average Bonchev–Trinajstić information content (AvgIpc) is 3.09. The molecule has 0 unspecified atom stereocenters. The standard InChI is InChI=1S/C28H40N2O3Si/c1-27(2,3)33-26(31)30-21-17-18-25(30)24(29-19-21)20-32-34(28(4,5)6,22-13-9-7-10-14-22)23-15-11-8-12-16-23/h7-16,21,24-25,29H,17-20H2,1-6H3/t21-,24-,25+/m1/s1. The summed E-state index contributed by atoms with van der Waals surface area (Å²) in [4.78, 5) is 15.1. The molecule has 2 bridgehead atoms. The summed E-state index contributed by atoms with van der Waals surface area (Å²) < 4.78 is 13.0. The number of hydrogen-bond acceptors (Lipinski definition) is 4. The normalized spacial score (nSPS) is 23.1. The zero-order valence-electron chi connectivity index (χ0n) is 21.5. The maximum atomic E-state index is 13.1. The van der Waals surface area contributed by atoms with E-state index in [1.807, 2.05) is 25.7 Å². The van der Waals surface area contributed by atoms with Crippen molar-refractivity contribution in [3.63, 3.8) is 0 Å². The molecule has 0 spiro atoms. The van der Waals surface area contributed by atoms with E-state index in [4.69, 9.17) is 9.16 Å². The van der Waals surface area contributed by atoms with Gasteiger partial charge in [0.15, 0.2) is 0 Å². The van der Waals surface area contributed by atoms with Gasteiger partial charge >= 0.3 is 6.09 Å². The van der Waals surface area contributed by atoms with Crippen LogP contribution in [0.4, 0.5) is 4.79 Å². The fraction of sp³-hybridized carbons (Fsp3) is 0.536. The van der Waals surface area contributed by atoms with Gasteiger partial charge in [-0.1, -0.05) is 81.4 Å². The lowest BCUT2D eigenvalue weighted by Crippen LogP contribution is -2.69. The van der Waals surface area contributed by atoms with E-state index in [0.717, 1.165) is 19.4 Å². The number of carbonyl (C=O) groups excluding carboxylic acids is 1. The van der Waals surface area contributed by atoms with Crippen molar-refractivity contribution < 1.29 is 14.0 Å². The highest BCUT2D eigenvalue weighted by Crippen LogP contribution is 2.38. The van der Waals surface area contributed by atoms with Crippen LogP contribution in [0.1, 0.15) is 54.4 Å². The maximum absolute atomic E-state index is 13.1. The van der Waals surface area contributed by atoms with Crippen LogP contribution < -0.4 is 15.7 Å². The number of piperazine rings is 1.